The number of nitrogens with zero attached hydrogens (tertiary/aromatic N) is 5. The number of carboxylic acid groups (broad SMARTS) is 1. The quantitative estimate of drug-likeness (QED) is 0.343. The van der Waals surface area contributed by atoms with E-state index in [9.17, 15) is 23.9 Å². The number of amides is 1. The lowest BCUT2D eigenvalue weighted by molar-refractivity contribution is -0.149. The molecule has 2 aliphatic heterocycles. The minimum atomic E-state index is -1.07. The Kier molecular flexibility index (Phi) is 7.26. The molecule has 42 heavy (non-hydrogen) atoms. The molecular formula is C30H23ClFN5O5. The van der Waals surface area contributed by atoms with E-state index in [-0.39, 0.29) is 47.0 Å². The molecule has 4 aromatic rings. The van der Waals surface area contributed by atoms with Gasteiger partial charge in [-0.25, -0.2) is 9.18 Å². The Hall–Kier alpha value is -4.90. The predicted octanol–water partition coefficient (Wildman–Crippen LogP) is 4.19. The third kappa shape index (κ3) is 5.03. The number of Topliss-reactive ketones (excluding diaryl/α,β-unsaturated/α-hetero) is 1. The molecule has 0 spiro atoms. The normalized spacial score (nSPS) is 17.8. The summed E-state index contributed by atoms with van der Waals surface area (Å²) in [5, 5.41) is 20.9. The zero-order valence-electron chi connectivity index (χ0n) is 22.0. The van der Waals surface area contributed by atoms with E-state index >= 15 is 0 Å². The zero-order valence-corrected chi connectivity index (χ0v) is 22.7. The summed E-state index contributed by atoms with van der Waals surface area (Å²) in [5.41, 5.74) is 3.46. The molecule has 1 amide bonds. The molecule has 0 radical (unpaired) electrons. The van der Waals surface area contributed by atoms with Gasteiger partial charge in [0.2, 0.25) is 6.10 Å². The summed E-state index contributed by atoms with van der Waals surface area (Å²) in [6.45, 7) is 0.222. The van der Waals surface area contributed by atoms with Crippen molar-refractivity contribution in [2.75, 3.05) is 6.54 Å². The molecule has 10 nitrogen and oxygen atoms in total. The highest BCUT2D eigenvalue weighted by atomic mass is 35.5. The van der Waals surface area contributed by atoms with Crippen LogP contribution in [0.1, 0.15) is 45.1 Å². The fraction of sp³-hybridized carbons (Fsp3) is 0.200. The van der Waals surface area contributed by atoms with Crippen LogP contribution in [0, 0.1) is 5.82 Å². The van der Waals surface area contributed by atoms with Crippen molar-refractivity contribution in [2.24, 2.45) is 5.16 Å². The second kappa shape index (κ2) is 11.2. The van der Waals surface area contributed by atoms with Crippen LogP contribution in [0.5, 0.6) is 0 Å². The molecule has 3 heterocycles. The highest BCUT2D eigenvalue weighted by Crippen LogP contribution is 2.36. The van der Waals surface area contributed by atoms with Crippen molar-refractivity contribution in [1.29, 1.82) is 0 Å². The van der Waals surface area contributed by atoms with E-state index in [1.165, 1.54) is 29.2 Å². The van der Waals surface area contributed by atoms with Gasteiger partial charge in [-0.05, 0) is 53.4 Å². The van der Waals surface area contributed by atoms with Crippen molar-refractivity contribution < 1.29 is 28.7 Å². The Balaban J connectivity index is 1.31. The first-order chi connectivity index (χ1) is 20.3. The number of carbonyl (C=O) groups is 3. The van der Waals surface area contributed by atoms with E-state index in [1.54, 1.807) is 41.5 Å². The van der Waals surface area contributed by atoms with Gasteiger partial charge >= 0.3 is 5.97 Å². The van der Waals surface area contributed by atoms with Gasteiger partial charge in [0, 0.05) is 24.9 Å². The number of carboxylic acids is 1. The first-order valence-electron chi connectivity index (χ1n) is 13.1. The first kappa shape index (κ1) is 27.3. The summed E-state index contributed by atoms with van der Waals surface area (Å²) in [5.74, 6) is -2.42. The van der Waals surface area contributed by atoms with Crippen molar-refractivity contribution in [2.45, 2.75) is 31.4 Å². The number of aromatic nitrogens is 3. The summed E-state index contributed by atoms with van der Waals surface area (Å²) >= 11 is 5.93. The van der Waals surface area contributed by atoms with Crippen molar-refractivity contribution in [3.05, 3.63) is 112 Å². The topological polar surface area (TPSA) is 127 Å². The molecular weight excluding hydrogens is 565 g/mol. The van der Waals surface area contributed by atoms with Gasteiger partial charge in [-0.3, -0.25) is 14.2 Å². The molecule has 6 rings (SSSR count). The van der Waals surface area contributed by atoms with Crippen LogP contribution in [0.4, 0.5) is 4.39 Å². The molecule has 0 bridgehead atoms. The van der Waals surface area contributed by atoms with Gasteiger partial charge in [-0.15, -0.1) is 10.2 Å². The molecule has 0 aliphatic carbocycles. The number of hydrogen-bond acceptors (Lipinski definition) is 7. The fourth-order valence-corrected chi connectivity index (χ4v) is 5.62. The van der Waals surface area contributed by atoms with Crippen LogP contribution >= 0.6 is 11.6 Å². The van der Waals surface area contributed by atoms with Crippen LogP contribution < -0.4 is 0 Å². The van der Waals surface area contributed by atoms with Crippen LogP contribution in [0.15, 0.2) is 78.5 Å². The fourth-order valence-electron chi connectivity index (χ4n) is 5.45. The number of aromatic carboxylic acids is 1. The van der Waals surface area contributed by atoms with E-state index in [1.807, 2.05) is 12.1 Å². The van der Waals surface area contributed by atoms with Gasteiger partial charge < -0.3 is 14.8 Å². The van der Waals surface area contributed by atoms with E-state index in [2.05, 4.69) is 15.4 Å². The maximum atomic E-state index is 14.6. The molecule has 0 saturated carbocycles. The number of benzene rings is 3. The summed E-state index contributed by atoms with van der Waals surface area (Å²) in [6, 6.07) is 15.1. The molecule has 12 heteroatoms. The lowest BCUT2D eigenvalue weighted by atomic mass is 9.86. The summed E-state index contributed by atoms with van der Waals surface area (Å²) in [7, 11) is 0. The first-order valence-corrected chi connectivity index (χ1v) is 13.5. The number of fused-ring (bicyclic) bond motifs is 1. The van der Waals surface area contributed by atoms with Crippen molar-refractivity contribution in [3.63, 3.8) is 0 Å². The highest BCUT2D eigenvalue weighted by Gasteiger charge is 2.42. The van der Waals surface area contributed by atoms with Crippen LogP contribution in [0.25, 0.3) is 5.69 Å². The van der Waals surface area contributed by atoms with Crippen LogP contribution in [-0.4, -0.2) is 60.8 Å². The Morgan fingerprint density at radius 2 is 1.76 bits per heavy atom. The maximum Gasteiger partial charge on any atom is 0.335 e. The largest absolute Gasteiger partial charge is 0.478 e. The van der Waals surface area contributed by atoms with Crippen molar-refractivity contribution >= 4 is 35.0 Å². The second-order valence-corrected chi connectivity index (χ2v) is 10.4. The molecule has 0 unspecified atom stereocenters. The minimum Gasteiger partial charge on any atom is -0.478 e. The molecule has 1 N–H and O–H groups in total. The number of halogens is 2. The number of hydrogen-bond donors (Lipinski definition) is 1. The van der Waals surface area contributed by atoms with Gasteiger partial charge in [0.05, 0.1) is 22.0 Å². The maximum absolute atomic E-state index is 14.6. The average molecular weight is 588 g/mol. The predicted molar refractivity (Wildman–Crippen MR) is 149 cm³/mol. The summed E-state index contributed by atoms with van der Waals surface area (Å²) < 4.78 is 16.4. The Labute approximate surface area is 244 Å². The lowest BCUT2D eigenvalue weighted by Gasteiger charge is -2.38. The van der Waals surface area contributed by atoms with E-state index in [0.717, 1.165) is 11.3 Å². The summed E-state index contributed by atoms with van der Waals surface area (Å²) in [6.07, 6.45) is 2.51. The minimum absolute atomic E-state index is 0.0117. The van der Waals surface area contributed by atoms with E-state index in [0.29, 0.717) is 17.5 Å². The smallest absolute Gasteiger partial charge is 0.335 e. The van der Waals surface area contributed by atoms with Crippen LogP contribution in [-0.2, 0) is 27.3 Å². The molecule has 2 aliphatic rings. The molecule has 0 fully saturated rings. The number of rotatable bonds is 7. The van der Waals surface area contributed by atoms with Gasteiger partial charge in [0.15, 0.2) is 11.6 Å². The van der Waals surface area contributed by atoms with E-state index in [4.69, 9.17) is 16.4 Å². The van der Waals surface area contributed by atoms with Gasteiger partial charge in [0.25, 0.3) is 5.91 Å². The number of oxime groups is 1. The lowest BCUT2D eigenvalue weighted by Crippen LogP contribution is -2.48. The van der Waals surface area contributed by atoms with Gasteiger partial charge in [-0.1, -0.05) is 47.1 Å². The zero-order chi connectivity index (χ0) is 29.4. The van der Waals surface area contributed by atoms with Gasteiger partial charge in [0.1, 0.15) is 18.7 Å². The Morgan fingerprint density at radius 3 is 2.50 bits per heavy atom. The Bertz CT molecular complexity index is 1720. The third-order valence-electron chi connectivity index (χ3n) is 7.47. The second-order valence-electron chi connectivity index (χ2n) is 9.98. The standard InChI is InChI=1S/C30H23ClFN5O5/c31-22-5-1-4-21(27(22)32)23-14-26(42-35-23)29(39)37-12-11-19-20(3-2-6-24(19)36-15-33-34-16-36)28(37)25(38)13-17-7-9-18(10-8-17)30(40)41/h1-10,15-16,26,28H,11-14H2,(H,40,41)/t26-,28-/m1/s1. The van der Waals surface area contributed by atoms with Crippen molar-refractivity contribution in [1.82, 2.24) is 19.7 Å². The molecule has 1 aromatic heterocycles. The Morgan fingerprint density at radius 1 is 1.02 bits per heavy atom. The SMILES string of the molecule is O=C(O)c1ccc(CC(=O)[C@H]2c3cccc(-n4cnnc4)c3CCN2C(=O)[C@H]2CC(c3cccc(Cl)c3F)=NO2)cc1. The summed E-state index contributed by atoms with van der Waals surface area (Å²) in [4.78, 5) is 46.1. The average Bonchev–Trinajstić information content (AvgIpc) is 3.71. The third-order valence-corrected chi connectivity index (χ3v) is 7.76. The van der Waals surface area contributed by atoms with Crippen molar-refractivity contribution in [3.8, 4) is 5.69 Å². The number of ketones is 1. The van der Waals surface area contributed by atoms with Crippen LogP contribution in [0.3, 0.4) is 0 Å². The number of carbonyl (C=O) groups excluding carboxylic acids is 2. The van der Waals surface area contributed by atoms with Gasteiger partial charge in [-0.2, -0.15) is 0 Å². The van der Waals surface area contributed by atoms with E-state index < -0.39 is 29.8 Å². The molecule has 0 saturated heterocycles. The highest BCUT2D eigenvalue weighted by molar-refractivity contribution is 6.31. The van der Waals surface area contributed by atoms with Crippen LogP contribution in [0.2, 0.25) is 5.02 Å². The molecule has 212 valence electrons. The molecule has 3 aromatic carbocycles. The monoisotopic (exact) mass is 587 g/mol. The molecule has 2 atom stereocenters.